The Bertz CT molecular complexity index is 647. The summed E-state index contributed by atoms with van der Waals surface area (Å²) < 4.78 is 0. The fourth-order valence-corrected chi connectivity index (χ4v) is 2.91. The largest absolute Gasteiger partial charge is 0.351 e. The molecule has 5 nitrogen and oxygen atoms in total. The summed E-state index contributed by atoms with van der Waals surface area (Å²) in [6, 6.07) is 11.1. The summed E-state index contributed by atoms with van der Waals surface area (Å²) in [5.74, 6) is -0.314. The van der Waals surface area contributed by atoms with Gasteiger partial charge in [0.05, 0.1) is 11.3 Å². The van der Waals surface area contributed by atoms with Crippen LogP contribution in [0.5, 0.6) is 0 Å². The number of aryl methyl sites for hydroxylation is 1. The van der Waals surface area contributed by atoms with Crippen molar-refractivity contribution in [2.24, 2.45) is 5.73 Å². The number of anilines is 1. The van der Waals surface area contributed by atoms with Crippen LogP contribution in [0, 0.1) is 0 Å². The van der Waals surface area contributed by atoms with E-state index in [4.69, 9.17) is 5.73 Å². The average molecular weight is 368 g/mol. The van der Waals surface area contributed by atoms with Crippen molar-refractivity contribution < 1.29 is 9.59 Å². The second-order valence-electron chi connectivity index (χ2n) is 5.07. The van der Waals surface area contributed by atoms with Gasteiger partial charge in [-0.2, -0.15) is 0 Å². The van der Waals surface area contributed by atoms with Crippen LogP contribution >= 0.6 is 23.7 Å². The minimum absolute atomic E-state index is 0. The zero-order valence-electron chi connectivity index (χ0n) is 13.3. The molecule has 0 unspecified atom stereocenters. The van der Waals surface area contributed by atoms with Crippen LogP contribution in [0.3, 0.4) is 0 Å². The normalized spacial score (nSPS) is 9.88. The summed E-state index contributed by atoms with van der Waals surface area (Å²) in [4.78, 5) is 25.4. The van der Waals surface area contributed by atoms with Crippen molar-refractivity contribution in [2.75, 3.05) is 18.4 Å². The molecular weight excluding hydrogens is 346 g/mol. The van der Waals surface area contributed by atoms with Crippen molar-refractivity contribution in [1.82, 2.24) is 5.32 Å². The molecule has 0 saturated carbocycles. The minimum Gasteiger partial charge on any atom is -0.351 e. The van der Waals surface area contributed by atoms with Gasteiger partial charge in [0, 0.05) is 24.4 Å². The second-order valence-corrected chi connectivity index (χ2v) is 6.10. The second kappa shape index (κ2) is 10.8. The molecule has 0 aliphatic heterocycles. The lowest BCUT2D eigenvalue weighted by atomic mass is 10.1. The summed E-state index contributed by atoms with van der Waals surface area (Å²) in [6.45, 7) is 0.783. The number of carbonyl (C=O) groups is 2. The van der Waals surface area contributed by atoms with Crippen molar-refractivity contribution in [2.45, 2.75) is 19.3 Å². The van der Waals surface area contributed by atoms with Crippen LogP contribution in [0.4, 0.5) is 5.69 Å². The first-order valence-corrected chi connectivity index (χ1v) is 8.48. The fourth-order valence-electron chi connectivity index (χ4n) is 2.16. The van der Waals surface area contributed by atoms with Crippen LogP contribution in [0.1, 0.15) is 28.1 Å². The Morgan fingerprint density at radius 1 is 1.12 bits per heavy atom. The molecule has 2 aromatic rings. The number of rotatable bonds is 8. The third kappa shape index (κ3) is 6.31. The van der Waals surface area contributed by atoms with Crippen molar-refractivity contribution >= 4 is 41.2 Å². The fraction of sp³-hybridized carbons (Fsp3) is 0.294. The van der Waals surface area contributed by atoms with E-state index in [0.29, 0.717) is 30.8 Å². The molecule has 1 aromatic carbocycles. The van der Waals surface area contributed by atoms with Crippen LogP contribution in [-0.4, -0.2) is 24.9 Å². The zero-order valence-corrected chi connectivity index (χ0v) is 14.9. The number of nitrogens with one attached hydrogen (secondary N) is 2. The lowest BCUT2D eigenvalue weighted by molar-refractivity contribution is -0.116. The van der Waals surface area contributed by atoms with Gasteiger partial charge >= 0.3 is 0 Å². The number of hydrogen-bond donors (Lipinski definition) is 3. The van der Waals surface area contributed by atoms with Gasteiger partial charge in [-0.1, -0.05) is 18.2 Å². The maximum absolute atomic E-state index is 12.1. The predicted molar refractivity (Wildman–Crippen MR) is 101 cm³/mol. The molecule has 0 fully saturated rings. The quantitative estimate of drug-likeness (QED) is 0.670. The van der Waals surface area contributed by atoms with Crippen LogP contribution in [0.25, 0.3) is 0 Å². The van der Waals surface area contributed by atoms with E-state index in [0.717, 1.165) is 12.8 Å². The highest BCUT2D eigenvalue weighted by atomic mass is 35.5. The lowest BCUT2D eigenvalue weighted by Gasteiger charge is -2.11. The Kier molecular flexibility index (Phi) is 9.07. The topological polar surface area (TPSA) is 84.2 Å². The van der Waals surface area contributed by atoms with Crippen LogP contribution < -0.4 is 16.4 Å². The molecule has 130 valence electrons. The minimum atomic E-state index is -0.232. The molecule has 1 aromatic heterocycles. The van der Waals surface area contributed by atoms with Gasteiger partial charge < -0.3 is 16.4 Å². The summed E-state index contributed by atoms with van der Waals surface area (Å²) in [5, 5.41) is 7.56. The van der Waals surface area contributed by atoms with E-state index in [2.05, 4.69) is 16.7 Å². The summed E-state index contributed by atoms with van der Waals surface area (Å²) in [7, 11) is 0. The summed E-state index contributed by atoms with van der Waals surface area (Å²) in [5.41, 5.74) is 6.37. The molecule has 0 saturated heterocycles. The Morgan fingerprint density at radius 2 is 1.92 bits per heavy atom. The van der Waals surface area contributed by atoms with E-state index in [1.807, 2.05) is 11.4 Å². The van der Waals surface area contributed by atoms with Crippen LogP contribution in [0.15, 0.2) is 41.8 Å². The highest BCUT2D eigenvalue weighted by Crippen LogP contribution is 2.16. The van der Waals surface area contributed by atoms with Gasteiger partial charge in [-0.15, -0.1) is 23.7 Å². The number of para-hydroxylation sites is 1. The van der Waals surface area contributed by atoms with E-state index < -0.39 is 0 Å². The molecule has 4 N–H and O–H groups in total. The predicted octanol–water partition coefficient (Wildman–Crippen LogP) is 2.82. The number of nitrogens with two attached hydrogens (primary N) is 1. The van der Waals surface area contributed by atoms with Gasteiger partial charge in [0.1, 0.15) is 0 Å². The van der Waals surface area contributed by atoms with Crippen LogP contribution in [-0.2, 0) is 11.2 Å². The van der Waals surface area contributed by atoms with Crippen molar-refractivity contribution in [3.05, 3.63) is 52.2 Å². The molecule has 0 radical (unpaired) electrons. The molecule has 1 heterocycles. The molecule has 2 rings (SSSR count). The molecule has 0 atom stereocenters. The van der Waals surface area contributed by atoms with Crippen molar-refractivity contribution in [3.63, 3.8) is 0 Å². The van der Waals surface area contributed by atoms with Crippen molar-refractivity contribution in [3.8, 4) is 0 Å². The number of thiophene rings is 1. The Hall–Kier alpha value is -1.89. The van der Waals surface area contributed by atoms with Gasteiger partial charge in [-0.3, -0.25) is 9.59 Å². The molecule has 0 aliphatic carbocycles. The standard InChI is InChI=1S/C17H21N3O2S.ClH/c18-10-11-19-17(22)14-7-1-2-8-15(14)20-16(21)9-3-5-13-6-4-12-23-13;/h1-2,4,6-8,12H,3,5,9-11,18H2,(H,19,22)(H,20,21);1H. The number of benzene rings is 1. The number of hydrogen-bond acceptors (Lipinski definition) is 4. The third-order valence-electron chi connectivity index (χ3n) is 3.28. The monoisotopic (exact) mass is 367 g/mol. The highest BCUT2D eigenvalue weighted by Gasteiger charge is 2.12. The number of amides is 2. The molecule has 0 aliphatic rings. The lowest BCUT2D eigenvalue weighted by Crippen LogP contribution is -2.29. The van der Waals surface area contributed by atoms with E-state index in [1.165, 1.54) is 4.88 Å². The van der Waals surface area contributed by atoms with Crippen molar-refractivity contribution in [1.29, 1.82) is 0 Å². The van der Waals surface area contributed by atoms with Gasteiger partial charge in [0.2, 0.25) is 5.91 Å². The smallest absolute Gasteiger partial charge is 0.253 e. The molecule has 24 heavy (non-hydrogen) atoms. The first-order chi connectivity index (χ1) is 11.2. The average Bonchev–Trinajstić information content (AvgIpc) is 3.06. The third-order valence-corrected chi connectivity index (χ3v) is 4.22. The van der Waals surface area contributed by atoms with Gasteiger partial charge in [0.15, 0.2) is 0 Å². The molecular formula is C17H22ClN3O2S. The maximum atomic E-state index is 12.1. The Balaban J connectivity index is 0.00000288. The number of halogens is 1. The first kappa shape index (κ1) is 20.2. The summed E-state index contributed by atoms with van der Waals surface area (Å²) >= 11 is 1.70. The Morgan fingerprint density at radius 3 is 2.62 bits per heavy atom. The number of carbonyl (C=O) groups excluding carboxylic acids is 2. The molecule has 0 spiro atoms. The van der Waals surface area contributed by atoms with E-state index in [-0.39, 0.29) is 24.2 Å². The van der Waals surface area contributed by atoms with Gasteiger partial charge in [-0.05, 0) is 36.4 Å². The highest BCUT2D eigenvalue weighted by molar-refractivity contribution is 7.09. The molecule has 0 bridgehead atoms. The van der Waals surface area contributed by atoms with E-state index in [1.54, 1.807) is 35.6 Å². The van der Waals surface area contributed by atoms with E-state index >= 15 is 0 Å². The Labute approximate surface area is 152 Å². The van der Waals surface area contributed by atoms with E-state index in [9.17, 15) is 9.59 Å². The summed E-state index contributed by atoms with van der Waals surface area (Å²) in [6.07, 6.45) is 2.11. The van der Waals surface area contributed by atoms with Gasteiger partial charge in [-0.25, -0.2) is 0 Å². The first-order valence-electron chi connectivity index (χ1n) is 7.60. The zero-order chi connectivity index (χ0) is 16.5. The molecule has 2 amide bonds. The SMILES string of the molecule is Cl.NCCNC(=O)c1ccccc1NC(=O)CCCc1cccs1. The maximum Gasteiger partial charge on any atom is 0.253 e. The van der Waals surface area contributed by atoms with Crippen LogP contribution in [0.2, 0.25) is 0 Å². The molecule has 7 heteroatoms. The van der Waals surface area contributed by atoms with Gasteiger partial charge in [0.25, 0.3) is 5.91 Å².